The standard InChI is InChI=1S/C11H14O5/c1-2-8-15-10(13)5-6-11(14)16-9-4-3-7-12/h1,3-4,12H,5-9H2/b4-3+. The Bertz CT molecular complexity index is 287. The molecule has 5 nitrogen and oxygen atoms in total. The molecule has 0 saturated heterocycles. The minimum absolute atomic E-state index is 0.0453. The molecule has 0 bridgehead atoms. The minimum Gasteiger partial charge on any atom is -0.461 e. The van der Waals surface area contributed by atoms with E-state index in [4.69, 9.17) is 16.3 Å². The molecule has 0 aromatic heterocycles. The molecule has 16 heavy (non-hydrogen) atoms. The van der Waals surface area contributed by atoms with E-state index in [1.165, 1.54) is 12.2 Å². The first-order valence-corrected chi connectivity index (χ1v) is 4.71. The van der Waals surface area contributed by atoms with Gasteiger partial charge in [0, 0.05) is 0 Å². The average Bonchev–Trinajstić information content (AvgIpc) is 2.29. The lowest BCUT2D eigenvalue weighted by molar-refractivity contribution is -0.148. The first-order chi connectivity index (χ1) is 7.70. The molecule has 0 aromatic carbocycles. The summed E-state index contributed by atoms with van der Waals surface area (Å²) in [5.41, 5.74) is 0. The van der Waals surface area contributed by atoms with Crippen LogP contribution in [0.3, 0.4) is 0 Å². The molecule has 0 atom stereocenters. The van der Waals surface area contributed by atoms with Crippen LogP contribution in [0.25, 0.3) is 0 Å². The summed E-state index contributed by atoms with van der Waals surface area (Å²) in [6, 6.07) is 0. The van der Waals surface area contributed by atoms with Crippen LogP contribution in [0.4, 0.5) is 0 Å². The van der Waals surface area contributed by atoms with Crippen molar-refractivity contribution in [1.82, 2.24) is 0 Å². The lowest BCUT2D eigenvalue weighted by Crippen LogP contribution is -2.10. The van der Waals surface area contributed by atoms with Gasteiger partial charge >= 0.3 is 11.9 Å². The second-order valence-electron chi connectivity index (χ2n) is 2.70. The fraction of sp³-hybridized carbons (Fsp3) is 0.455. The van der Waals surface area contributed by atoms with E-state index in [0.29, 0.717) is 0 Å². The lowest BCUT2D eigenvalue weighted by atomic mass is 10.3. The Morgan fingerprint density at radius 1 is 1.19 bits per heavy atom. The van der Waals surface area contributed by atoms with Gasteiger partial charge in [-0.25, -0.2) is 0 Å². The van der Waals surface area contributed by atoms with Gasteiger partial charge in [-0.15, -0.1) is 6.42 Å². The number of terminal acetylenes is 1. The van der Waals surface area contributed by atoms with E-state index in [0.717, 1.165) is 0 Å². The number of esters is 2. The summed E-state index contributed by atoms with van der Waals surface area (Å²) >= 11 is 0. The molecule has 0 aliphatic carbocycles. The van der Waals surface area contributed by atoms with Gasteiger partial charge in [-0.2, -0.15) is 0 Å². The Hall–Kier alpha value is -1.80. The summed E-state index contributed by atoms with van der Waals surface area (Å²) in [6.07, 6.45) is 7.74. The summed E-state index contributed by atoms with van der Waals surface area (Å²) in [4.78, 5) is 21.9. The van der Waals surface area contributed by atoms with Crippen molar-refractivity contribution in [2.45, 2.75) is 12.8 Å². The number of carbonyl (C=O) groups excluding carboxylic acids is 2. The molecular formula is C11H14O5. The molecule has 0 rings (SSSR count). The van der Waals surface area contributed by atoms with Gasteiger partial charge in [0.05, 0.1) is 19.4 Å². The highest BCUT2D eigenvalue weighted by Gasteiger charge is 2.07. The van der Waals surface area contributed by atoms with Crippen LogP contribution in [-0.2, 0) is 19.1 Å². The number of ether oxygens (including phenoxy) is 2. The van der Waals surface area contributed by atoms with Gasteiger partial charge in [0.2, 0.25) is 0 Å². The van der Waals surface area contributed by atoms with Crippen molar-refractivity contribution < 1.29 is 24.2 Å². The smallest absolute Gasteiger partial charge is 0.307 e. The van der Waals surface area contributed by atoms with Gasteiger partial charge in [0.25, 0.3) is 0 Å². The molecule has 5 heteroatoms. The highest BCUT2D eigenvalue weighted by Crippen LogP contribution is 1.95. The van der Waals surface area contributed by atoms with E-state index in [-0.39, 0.29) is 32.7 Å². The van der Waals surface area contributed by atoms with Crippen LogP contribution in [-0.4, -0.2) is 36.9 Å². The number of hydrogen-bond donors (Lipinski definition) is 1. The van der Waals surface area contributed by atoms with Gasteiger partial charge in [-0.1, -0.05) is 12.0 Å². The molecule has 0 aliphatic rings. The number of rotatable bonds is 7. The van der Waals surface area contributed by atoms with Gasteiger partial charge in [-0.3, -0.25) is 9.59 Å². The van der Waals surface area contributed by atoms with E-state index < -0.39 is 11.9 Å². The Balaban J connectivity index is 3.54. The number of carbonyl (C=O) groups is 2. The summed E-state index contributed by atoms with van der Waals surface area (Å²) in [5, 5.41) is 8.39. The highest BCUT2D eigenvalue weighted by atomic mass is 16.5. The van der Waals surface area contributed by atoms with Crippen LogP contribution in [0.1, 0.15) is 12.8 Å². The van der Waals surface area contributed by atoms with E-state index in [1.807, 2.05) is 0 Å². The van der Waals surface area contributed by atoms with E-state index in [2.05, 4.69) is 10.7 Å². The molecule has 0 amide bonds. The van der Waals surface area contributed by atoms with Crippen molar-refractivity contribution in [3.63, 3.8) is 0 Å². The van der Waals surface area contributed by atoms with Crippen LogP contribution in [0.2, 0.25) is 0 Å². The van der Waals surface area contributed by atoms with Crippen LogP contribution >= 0.6 is 0 Å². The highest BCUT2D eigenvalue weighted by molar-refractivity contribution is 5.77. The molecule has 0 aliphatic heterocycles. The molecule has 0 heterocycles. The lowest BCUT2D eigenvalue weighted by Gasteiger charge is -2.01. The summed E-state index contributed by atoms with van der Waals surface area (Å²) in [7, 11) is 0. The molecule has 0 radical (unpaired) electrons. The van der Waals surface area contributed by atoms with Gasteiger partial charge in [0.15, 0.2) is 6.61 Å². The third kappa shape index (κ3) is 8.78. The van der Waals surface area contributed by atoms with E-state index in [1.54, 1.807) is 0 Å². The first-order valence-electron chi connectivity index (χ1n) is 4.71. The minimum atomic E-state index is -0.527. The molecule has 0 fully saturated rings. The zero-order valence-corrected chi connectivity index (χ0v) is 8.85. The zero-order valence-electron chi connectivity index (χ0n) is 8.85. The molecule has 0 saturated carbocycles. The molecule has 0 spiro atoms. The second kappa shape index (κ2) is 9.74. The van der Waals surface area contributed by atoms with Crippen molar-refractivity contribution >= 4 is 11.9 Å². The SMILES string of the molecule is C#CCOC(=O)CCC(=O)OC/C=C/CO. The second-order valence-corrected chi connectivity index (χ2v) is 2.70. The zero-order chi connectivity index (χ0) is 12.2. The van der Waals surface area contributed by atoms with Crippen molar-refractivity contribution in [3.05, 3.63) is 12.2 Å². The van der Waals surface area contributed by atoms with Crippen molar-refractivity contribution in [3.8, 4) is 12.3 Å². The Morgan fingerprint density at radius 3 is 2.38 bits per heavy atom. The van der Waals surface area contributed by atoms with E-state index >= 15 is 0 Å². The van der Waals surface area contributed by atoms with E-state index in [9.17, 15) is 9.59 Å². The Kier molecular flexibility index (Phi) is 8.65. The predicted molar refractivity (Wildman–Crippen MR) is 56.2 cm³/mol. The Morgan fingerprint density at radius 2 is 1.81 bits per heavy atom. The normalized spacial score (nSPS) is 9.75. The number of aliphatic hydroxyl groups is 1. The molecule has 0 aromatic rings. The quantitative estimate of drug-likeness (QED) is 0.377. The van der Waals surface area contributed by atoms with Crippen LogP contribution in [0, 0.1) is 12.3 Å². The fourth-order valence-electron chi connectivity index (χ4n) is 0.754. The van der Waals surface area contributed by atoms with Crippen LogP contribution in [0.5, 0.6) is 0 Å². The monoisotopic (exact) mass is 226 g/mol. The molecule has 0 unspecified atom stereocenters. The fourth-order valence-corrected chi connectivity index (χ4v) is 0.754. The van der Waals surface area contributed by atoms with Crippen LogP contribution < -0.4 is 0 Å². The predicted octanol–water partition coefficient (Wildman–Crippen LogP) is 0.0347. The first kappa shape index (κ1) is 14.2. The topological polar surface area (TPSA) is 72.8 Å². The van der Waals surface area contributed by atoms with Crippen molar-refractivity contribution in [2.24, 2.45) is 0 Å². The number of aliphatic hydroxyl groups excluding tert-OH is 1. The van der Waals surface area contributed by atoms with Crippen molar-refractivity contribution in [2.75, 3.05) is 19.8 Å². The molecule has 88 valence electrons. The third-order valence-electron chi connectivity index (χ3n) is 1.46. The maximum Gasteiger partial charge on any atom is 0.307 e. The average molecular weight is 226 g/mol. The Labute approximate surface area is 94.0 Å². The van der Waals surface area contributed by atoms with Crippen molar-refractivity contribution in [1.29, 1.82) is 0 Å². The summed E-state index contributed by atoms with van der Waals surface area (Å²) < 4.78 is 9.27. The summed E-state index contributed by atoms with van der Waals surface area (Å²) in [5.74, 6) is 1.12. The van der Waals surface area contributed by atoms with Gasteiger partial charge in [-0.05, 0) is 6.08 Å². The molecular weight excluding hydrogens is 212 g/mol. The van der Waals surface area contributed by atoms with Gasteiger partial charge in [0.1, 0.15) is 6.61 Å². The molecule has 1 N–H and O–H groups in total. The third-order valence-corrected chi connectivity index (χ3v) is 1.46. The maximum absolute atomic E-state index is 11.0. The maximum atomic E-state index is 11.0. The number of hydrogen-bond acceptors (Lipinski definition) is 5. The van der Waals surface area contributed by atoms with Gasteiger partial charge < -0.3 is 14.6 Å². The largest absolute Gasteiger partial charge is 0.461 e. The summed E-state index contributed by atoms with van der Waals surface area (Å²) in [6.45, 7) is -0.109. The van der Waals surface area contributed by atoms with Crippen LogP contribution in [0.15, 0.2) is 12.2 Å².